The van der Waals surface area contributed by atoms with E-state index >= 15 is 0 Å². The molecule has 0 bridgehead atoms. The Hall–Kier alpha value is -0.970. The summed E-state index contributed by atoms with van der Waals surface area (Å²) in [6.07, 6.45) is 2.67. The largest absolute Gasteiger partial charge is 0.444 e. The second kappa shape index (κ2) is 4.70. The van der Waals surface area contributed by atoms with Crippen molar-refractivity contribution in [3.63, 3.8) is 0 Å². The van der Waals surface area contributed by atoms with Crippen LogP contribution < -0.4 is 5.32 Å². The number of aryl methyl sites for hydroxylation is 1. The van der Waals surface area contributed by atoms with Crippen LogP contribution in [0.4, 0.5) is 0 Å². The fourth-order valence-electron chi connectivity index (χ4n) is 1.32. The number of nitrogens with zero attached hydrogens (tertiary/aromatic N) is 2. The summed E-state index contributed by atoms with van der Waals surface area (Å²) in [7, 11) is 0. The lowest BCUT2D eigenvalue weighted by Gasteiger charge is -2.02. The van der Waals surface area contributed by atoms with E-state index in [1.807, 2.05) is 0 Å². The van der Waals surface area contributed by atoms with E-state index < -0.39 is 0 Å². The SMILES string of the molecule is CCc1cnc(CNC2=NCC(C)S2)o1. The van der Waals surface area contributed by atoms with Crippen LogP contribution in [0.5, 0.6) is 0 Å². The number of oxazole rings is 1. The molecule has 1 N–H and O–H groups in total. The Labute approximate surface area is 93.6 Å². The number of hydrogen-bond acceptors (Lipinski definition) is 5. The van der Waals surface area contributed by atoms with Gasteiger partial charge in [-0.1, -0.05) is 25.6 Å². The average molecular weight is 225 g/mol. The fourth-order valence-corrected chi connectivity index (χ4v) is 2.15. The van der Waals surface area contributed by atoms with Crippen molar-refractivity contribution < 1.29 is 4.42 Å². The highest BCUT2D eigenvalue weighted by atomic mass is 32.2. The first kappa shape index (κ1) is 10.5. The number of aromatic nitrogens is 1. The minimum Gasteiger partial charge on any atom is -0.444 e. The zero-order valence-corrected chi connectivity index (χ0v) is 9.80. The topological polar surface area (TPSA) is 50.4 Å². The van der Waals surface area contributed by atoms with Crippen molar-refractivity contribution in [1.29, 1.82) is 0 Å². The third kappa shape index (κ3) is 2.75. The van der Waals surface area contributed by atoms with Crippen molar-refractivity contribution in [2.45, 2.75) is 32.1 Å². The van der Waals surface area contributed by atoms with Crippen molar-refractivity contribution in [3.8, 4) is 0 Å². The Morgan fingerprint density at radius 3 is 3.13 bits per heavy atom. The van der Waals surface area contributed by atoms with Crippen LogP contribution in [-0.4, -0.2) is 21.9 Å². The van der Waals surface area contributed by atoms with Crippen LogP contribution in [0.15, 0.2) is 15.6 Å². The Kier molecular flexibility index (Phi) is 3.30. The first-order chi connectivity index (χ1) is 7.28. The van der Waals surface area contributed by atoms with E-state index in [0.717, 1.165) is 29.8 Å². The van der Waals surface area contributed by atoms with Gasteiger partial charge in [0.2, 0.25) is 5.89 Å². The van der Waals surface area contributed by atoms with Gasteiger partial charge in [0.15, 0.2) is 5.17 Å². The summed E-state index contributed by atoms with van der Waals surface area (Å²) >= 11 is 1.77. The van der Waals surface area contributed by atoms with Crippen LogP contribution >= 0.6 is 11.8 Å². The van der Waals surface area contributed by atoms with Crippen molar-refractivity contribution in [3.05, 3.63) is 17.8 Å². The normalized spacial score (nSPS) is 20.4. The Bertz CT molecular complexity index is 361. The minimum atomic E-state index is 0.586. The van der Waals surface area contributed by atoms with E-state index in [1.165, 1.54) is 0 Å². The van der Waals surface area contributed by atoms with Gasteiger partial charge in [-0.2, -0.15) is 0 Å². The quantitative estimate of drug-likeness (QED) is 0.852. The van der Waals surface area contributed by atoms with Gasteiger partial charge in [0, 0.05) is 11.7 Å². The van der Waals surface area contributed by atoms with Gasteiger partial charge in [0.1, 0.15) is 5.76 Å². The molecule has 0 saturated heterocycles. The maximum absolute atomic E-state index is 5.48. The molecule has 5 heteroatoms. The molecule has 0 fully saturated rings. The molecule has 82 valence electrons. The molecule has 4 nitrogen and oxygen atoms in total. The van der Waals surface area contributed by atoms with Crippen LogP contribution in [0.2, 0.25) is 0 Å². The van der Waals surface area contributed by atoms with Gasteiger partial charge >= 0.3 is 0 Å². The molecule has 1 aliphatic rings. The standard InChI is InChI=1S/C10H15N3OS/c1-3-8-5-11-9(14-8)6-13-10-12-4-7(2)15-10/h5,7H,3-4,6H2,1-2H3,(H,12,13). The summed E-state index contributed by atoms with van der Waals surface area (Å²) in [6, 6.07) is 0. The highest BCUT2D eigenvalue weighted by Crippen LogP contribution is 2.18. The lowest BCUT2D eigenvalue weighted by Crippen LogP contribution is -2.18. The summed E-state index contributed by atoms with van der Waals surface area (Å²) in [5, 5.41) is 4.81. The summed E-state index contributed by atoms with van der Waals surface area (Å²) in [5.41, 5.74) is 0. The maximum Gasteiger partial charge on any atom is 0.213 e. The van der Waals surface area contributed by atoms with Crippen LogP contribution in [0.1, 0.15) is 25.5 Å². The second-order valence-electron chi connectivity index (χ2n) is 3.50. The smallest absolute Gasteiger partial charge is 0.213 e. The molecule has 0 aromatic carbocycles. The third-order valence-corrected chi connectivity index (χ3v) is 3.19. The van der Waals surface area contributed by atoms with E-state index in [4.69, 9.17) is 4.42 Å². The molecule has 2 heterocycles. The fraction of sp³-hybridized carbons (Fsp3) is 0.600. The highest BCUT2D eigenvalue weighted by molar-refractivity contribution is 8.14. The van der Waals surface area contributed by atoms with Crippen molar-refractivity contribution >= 4 is 16.9 Å². The van der Waals surface area contributed by atoms with Gasteiger partial charge in [-0.3, -0.25) is 4.99 Å². The van der Waals surface area contributed by atoms with E-state index in [2.05, 4.69) is 29.1 Å². The first-order valence-electron chi connectivity index (χ1n) is 5.16. The zero-order valence-electron chi connectivity index (χ0n) is 8.99. The Morgan fingerprint density at radius 1 is 1.67 bits per heavy atom. The van der Waals surface area contributed by atoms with E-state index in [0.29, 0.717) is 11.8 Å². The summed E-state index contributed by atoms with van der Waals surface area (Å²) in [6.45, 7) is 5.75. The van der Waals surface area contributed by atoms with Crippen molar-refractivity contribution in [1.82, 2.24) is 10.3 Å². The predicted molar refractivity (Wildman–Crippen MR) is 62.1 cm³/mol. The molecule has 1 aromatic heterocycles. The molecule has 1 atom stereocenters. The molecule has 2 rings (SSSR count). The van der Waals surface area contributed by atoms with Crippen LogP contribution in [0.25, 0.3) is 0 Å². The molecule has 0 saturated carbocycles. The number of aliphatic imine (C=N–C) groups is 1. The average Bonchev–Trinajstić information content (AvgIpc) is 2.83. The summed E-state index contributed by atoms with van der Waals surface area (Å²) in [4.78, 5) is 8.53. The van der Waals surface area contributed by atoms with Gasteiger partial charge in [-0.05, 0) is 0 Å². The molecular formula is C10H15N3OS. The lowest BCUT2D eigenvalue weighted by molar-refractivity contribution is 0.454. The monoisotopic (exact) mass is 225 g/mol. The number of hydrogen-bond donors (Lipinski definition) is 1. The highest BCUT2D eigenvalue weighted by Gasteiger charge is 2.14. The predicted octanol–water partition coefficient (Wildman–Crippen LogP) is 1.82. The Balaban J connectivity index is 1.83. The molecular weight excluding hydrogens is 210 g/mol. The van der Waals surface area contributed by atoms with Crippen LogP contribution in [-0.2, 0) is 13.0 Å². The molecule has 1 unspecified atom stereocenters. The number of amidine groups is 1. The van der Waals surface area contributed by atoms with Gasteiger partial charge in [-0.15, -0.1) is 0 Å². The van der Waals surface area contributed by atoms with Gasteiger partial charge in [-0.25, -0.2) is 4.98 Å². The summed E-state index contributed by atoms with van der Waals surface area (Å²) < 4.78 is 5.48. The number of nitrogens with one attached hydrogen (secondary N) is 1. The van der Waals surface area contributed by atoms with Gasteiger partial charge in [0.25, 0.3) is 0 Å². The zero-order chi connectivity index (χ0) is 10.7. The van der Waals surface area contributed by atoms with E-state index in [-0.39, 0.29) is 0 Å². The van der Waals surface area contributed by atoms with Crippen molar-refractivity contribution in [2.75, 3.05) is 6.54 Å². The molecule has 0 amide bonds. The van der Waals surface area contributed by atoms with E-state index in [9.17, 15) is 0 Å². The molecule has 1 aliphatic heterocycles. The lowest BCUT2D eigenvalue weighted by atomic mass is 10.4. The van der Waals surface area contributed by atoms with Gasteiger partial charge < -0.3 is 9.73 Å². The third-order valence-electron chi connectivity index (χ3n) is 2.15. The molecule has 0 radical (unpaired) electrons. The Morgan fingerprint density at radius 2 is 2.53 bits per heavy atom. The first-order valence-corrected chi connectivity index (χ1v) is 6.04. The molecule has 0 aliphatic carbocycles. The number of rotatable bonds is 3. The molecule has 1 aromatic rings. The van der Waals surface area contributed by atoms with Crippen LogP contribution in [0.3, 0.4) is 0 Å². The number of thioether (sulfide) groups is 1. The maximum atomic E-state index is 5.48. The molecule has 0 spiro atoms. The van der Waals surface area contributed by atoms with E-state index in [1.54, 1.807) is 18.0 Å². The van der Waals surface area contributed by atoms with Crippen molar-refractivity contribution in [2.24, 2.45) is 4.99 Å². The van der Waals surface area contributed by atoms with Crippen LogP contribution in [0, 0.1) is 0 Å². The second-order valence-corrected chi connectivity index (χ2v) is 4.93. The molecule has 15 heavy (non-hydrogen) atoms. The van der Waals surface area contributed by atoms with Gasteiger partial charge in [0.05, 0.1) is 19.3 Å². The summed E-state index contributed by atoms with van der Waals surface area (Å²) in [5.74, 6) is 1.66. The minimum absolute atomic E-state index is 0.586.